The van der Waals surface area contributed by atoms with Crippen molar-refractivity contribution in [1.82, 2.24) is 0 Å². The Morgan fingerprint density at radius 1 is 0.426 bits per heavy atom. The first kappa shape index (κ1) is 43.0. The number of rotatable bonds is 5. The van der Waals surface area contributed by atoms with Crippen LogP contribution in [-0.4, -0.2) is 24.3 Å². The van der Waals surface area contributed by atoms with Crippen molar-refractivity contribution >= 4 is 0 Å². The molecule has 3 heteroatoms. The number of hydrogen-bond donors (Lipinski definition) is 0. The predicted molar refractivity (Wildman–Crippen MR) is 204 cm³/mol. The molecule has 2 saturated heterocycles. The molecule has 0 aromatic heterocycles. The second-order valence-corrected chi connectivity index (χ2v) is 25.3. The standard InChI is InChI=1S/C44H86O3/c1-36(2,3)25-28-30(39(10,11)12)32(41(16,17)18)33(42(19,20)21)35(45-28)47-44(27-38(7,8)9)34(43(22,23)24)31(40(13,14)15)29(46-44)26-37(4,5)6/h28-35H,25-27H2,1-24H3. The van der Waals surface area contributed by atoms with Gasteiger partial charge in [0.1, 0.15) is 0 Å². The van der Waals surface area contributed by atoms with Crippen LogP contribution in [0.4, 0.5) is 0 Å². The van der Waals surface area contributed by atoms with E-state index >= 15 is 0 Å². The second kappa shape index (κ2) is 13.1. The molecule has 0 bridgehead atoms. The van der Waals surface area contributed by atoms with Crippen molar-refractivity contribution < 1.29 is 14.2 Å². The third-order valence-corrected chi connectivity index (χ3v) is 11.0. The van der Waals surface area contributed by atoms with Crippen LogP contribution >= 0.6 is 0 Å². The Kier molecular flexibility index (Phi) is 12.0. The lowest BCUT2D eigenvalue weighted by Gasteiger charge is -2.61. The summed E-state index contributed by atoms with van der Waals surface area (Å²) in [6, 6.07) is 0. The molecular weight excluding hydrogens is 576 g/mol. The van der Waals surface area contributed by atoms with Gasteiger partial charge < -0.3 is 14.2 Å². The zero-order valence-electron chi connectivity index (χ0n) is 36.5. The summed E-state index contributed by atoms with van der Waals surface area (Å²) < 4.78 is 23.2. The summed E-state index contributed by atoms with van der Waals surface area (Å²) >= 11 is 0. The molecule has 2 rings (SSSR count). The van der Waals surface area contributed by atoms with Gasteiger partial charge in [0.2, 0.25) is 0 Å². The zero-order chi connectivity index (χ0) is 37.4. The molecule has 0 aromatic carbocycles. The van der Waals surface area contributed by atoms with Gasteiger partial charge in [-0.15, -0.1) is 0 Å². The van der Waals surface area contributed by atoms with Gasteiger partial charge >= 0.3 is 0 Å². The molecule has 0 saturated carbocycles. The van der Waals surface area contributed by atoms with E-state index < -0.39 is 5.79 Å². The molecular formula is C44H86O3. The molecule has 9 atom stereocenters. The molecule has 3 nitrogen and oxygen atoms in total. The van der Waals surface area contributed by atoms with Gasteiger partial charge in [-0.1, -0.05) is 166 Å². The van der Waals surface area contributed by atoms with E-state index in [-0.39, 0.29) is 73.7 Å². The first-order chi connectivity index (χ1) is 20.3. The van der Waals surface area contributed by atoms with Crippen LogP contribution in [-0.2, 0) is 14.2 Å². The molecule has 0 aromatic rings. The van der Waals surface area contributed by atoms with Crippen molar-refractivity contribution in [1.29, 1.82) is 0 Å². The van der Waals surface area contributed by atoms with Crippen LogP contribution in [0.2, 0.25) is 0 Å². The lowest BCUT2D eigenvalue weighted by atomic mass is 9.52. The highest BCUT2D eigenvalue weighted by molar-refractivity contribution is 5.08. The highest BCUT2D eigenvalue weighted by Gasteiger charge is 2.66. The Morgan fingerprint density at radius 2 is 0.809 bits per heavy atom. The van der Waals surface area contributed by atoms with Gasteiger partial charge in [0.15, 0.2) is 12.1 Å². The van der Waals surface area contributed by atoms with Crippen molar-refractivity contribution in [2.75, 3.05) is 0 Å². The number of ether oxygens (including phenoxy) is 3. The predicted octanol–water partition coefficient (Wildman–Crippen LogP) is 13.4. The fourth-order valence-electron chi connectivity index (χ4n) is 10.1. The monoisotopic (exact) mass is 663 g/mol. The summed E-state index contributed by atoms with van der Waals surface area (Å²) in [6.45, 7) is 57.9. The molecule has 9 unspecified atom stereocenters. The van der Waals surface area contributed by atoms with E-state index in [1.165, 1.54) is 0 Å². The fourth-order valence-corrected chi connectivity index (χ4v) is 10.1. The summed E-state index contributed by atoms with van der Waals surface area (Å²) in [5.74, 6) is 0.745. The van der Waals surface area contributed by atoms with Gasteiger partial charge in [-0.05, 0) is 73.9 Å². The van der Waals surface area contributed by atoms with Crippen LogP contribution in [0.1, 0.15) is 185 Å². The zero-order valence-corrected chi connectivity index (χ0v) is 36.5. The molecule has 280 valence electrons. The Hall–Kier alpha value is -0.120. The molecule has 2 fully saturated rings. The normalized spacial score (nSPS) is 34.2. The van der Waals surface area contributed by atoms with E-state index in [0.717, 1.165) is 19.3 Å². The number of hydrogen-bond acceptors (Lipinski definition) is 3. The van der Waals surface area contributed by atoms with E-state index in [9.17, 15) is 0 Å². The first-order valence-corrected chi connectivity index (χ1v) is 19.3. The molecule has 0 aliphatic carbocycles. The minimum absolute atomic E-state index is 0.00334. The van der Waals surface area contributed by atoms with Gasteiger partial charge in [0.25, 0.3) is 0 Å². The van der Waals surface area contributed by atoms with Crippen molar-refractivity contribution in [2.45, 2.75) is 210 Å². The third-order valence-electron chi connectivity index (χ3n) is 11.0. The van der Waals surface area contributed by atoms with Crippen LogP contribution in [0.3, 0.4) is 0 Å². The summed E-state index contributed by atoms with van der Waals surface area (Å²) in [5.41, 5.74) is 0.389. The largest absolute Gasteiger partial charge is 0.349 e. The van der Waals surface area contributed by atoms with Crippen LogP contribution in [0, 0.1) is 72.9 Å². The van der Waals surface area contributed by atoms with Crippen molar-refractivity contribution in [3.8, 4) is 0 Å². The molecule has 0 amide bonds. The van der Waals surface area contributed by atoms with E-state index in [1.807, 2.05) is 0 Å². The molecule has 0 spiro atoms. The maximum atomic E-state index is 7.95. The molecule has 47 heavy (non-hydrogen) atoms. The highest BCUT2D eigenvalue weighted by atomic mass is 16.8. The average Bonchev–Trinajstić information content (AvgIpc) is 2.99. The van der Waals surface area contributed by atoms with Crippen LogP contribution in [0.25, 0.3) is 0 Å². The van der Waals surface area contributed by atoms with E-state index in [4.69, 9.17) is 14.2 Å². The first-order valence-electron chi connectivity index (χ1n) is 19.3. The van der Waals surface area contributed by atoms with Gasteiger partial charge in [-0.25, -0.2) is 0 Å². The van der Waals surface area contributed by atoms with Gasteiger partial charge in [-0.2, -0.15) is 0 Å². The van der Waals surface area contributed by atoms with Gasteiger partial charge in [0.05, 0.1) is 12.2 Å². The minimum Gasteiger partial charge on any atom is -0.349 e. The quantitative estimate of drug-likeness (QED) is 0.293. The van der Waals surface area contributed by atoms with Crippen LogP contribution < -0.4 is 0 Å². The van der Waals surface area contributed by atoms with Crippen LogP contribution in [0.5, 0.6) is 0 Å². The minimum atomic E-state index is -0.776. The fraction of sp³-hybridized carbons (Fsp3) is 1.00. The summed E-state index contributed by atoms with van der Waals surface area (Å²) in [4.78, 5) is 0. The van der Waals surface area contributed by atoms with Crippen molar-refractivity contribution in [3.63, 3.8) is 0 Å². The third kappa shape index (κ3) is 10.9. The SMILES string of the molecule is CC(C)(C)CC1OC(OC2(CC(C)(C)C)OC(CC(C)(C)C)C(C(C)(C)C)C2C(C)(C)C)C(C(C)(C)C)C(C(C)(C)C)C1C(C)(C)C. The van der Waals surface area contributed by atoms with E-state index in [2.05, 4.69) is 166 Å². The molecule has 2 aliphatic heterocycles. The molecule has 0 radical (unpaired) electrons. The molecule has 0 N–H and O–H groups in total. The van der Waals surface area contributed by atoms with E-state index in [0.29, 0.717) is 17.8 Å². The average molecular weight is 663 g/mol. The smallest absolute Gasteiger partial charge is 0.175 e. The lowest BCUT2D eigenvalue weighted by Crippen LogP contribution is -2.62. The van der Waals surface area contributed by atoms with Crippen molar-refractivity contribution in [2.24, 2.45) is 72.9 Å². The summed E-state index contributed by atoms with van der Waals surface area (Å²) in [5, 5.41) is 0. The molecule has 2 heterocycles. The van der Waals surface area contributed by atoms with Crippen molar-refractivity contribution in [3.05, 3.63) is 0 Å². The highest BCUT2D eigenvalue weighted by Crippen LogP contribution is 2.63. The van der Waals surface area contributed by atoms with Gasteiger partial charge in [0, 0.05) is 18.3 Å². The van der Waals surface area contributed by atoms with Gasteiger partial charge in [-0.3, -0.25) is 0 Å². The Bertz CT molecular complexity index is 1010. The topological polar surface area (TPSA) is 27.7 Å². The summed E-state index contributed by atoms with van der Waals surface area (Å²) in [6.07, 6.45) is 2.67. The Balaban J connectivity index is 3.01. The summed E-state index contributed by atoms with van der Waals surface area (Å²) in [7, 11) is 0. The maximum Gasteiger partial charge on any atom is 0.175 e. The lowest BCUT2D eigenvalue weighted by molar-refractivity contribution is -0.386. The molecule has 2 aliphatic rings. The Morgan fingerprint density at radius 3 is 1.13 bits per heavy atom. The van der Waals surface area contributed by atoms with E-state index in [1.54, 1.807) is 0 Å². The Labute approximate surface area is 296 Å². The van der Waals surface area contributed by atoms with Crippen LogP contribution in [0.15, 0.2) is 0 Å². The maximum absolute atomic E-state index is 7.95. The second-order valence-electron chi connectivity index (χ2n) is 25.3.